The first-order valence-electron chi connectivity index (χ1n) is 6.90. The number of nitrogens with one attached hydrogen (secondary N) is 2. The van der Waals surface area contributed by atoms with Gasteiger partial charge in [0.2, 0.25) is 5.91 Å². The highest BCUT2D eigenvalue weighted by molar-refractivity contribution is 5.84. The highest BCUT2D eigenvalue weighted by Gasteiger charge is 2.44. The summed E-state index contributed by atoms with van der Waals surface area (Å²) < 4.78 is 0. The Kier molecular flexibility index (Phi) is 5.79. The van der Waals surface area contributed by atoms with Gasteiger partial charge in [-0.1, -0.05) is 13.3 Å². The second-order valence-electron chi connectivity index (χ2n) is 5.30. The van der Waals surface area contributed by atoms with Gasteiger partial charge in [-0.3, -0.25) is 9.59 Å². The summed E-state index contributed by atoms with van der Waals surface area (Å²) in [7, 11) is 1.51. The van der Waals surface area contributed by atoms with Crippen molar-refractivity contribution in [1.29, 1.82) is 0 Å². The van der Waals surface area contributed by atoms with Crippen LogP contribution in [0.1, 0.15) is 32.6 Å². The second-order valence-corrected chi connectivity index (χ2v) is 5.30. The second kappa shape index (κ2) is 7.12. The summed E-state index contributed by atoms with van der Waals surface area (Å²) in [5.74, 6) is -1.09. The molecule has 7 nitrogen and oxygen atoms in total. The lowest BCUT2D eigenvalue weighted by Gasteiger charge is -2.37. The standard InChI is InChI=1S/C13H23N3O4/c1-3-7-14-10(17)8-16(2)12(20)15-9-13(11(18)19)5-4-6-13/h3-9H2,1-2H3,(H,14,17)(H,15,20)(H,18,19). The van der Waals surface area contributed by atoms with Gasteiger partial charge in [-0.05, 0) is 19.3 Å². The number of hydrogen-bond acceptors (Lipinski definition) is 3. The highest BCUT2D eigenvalue weighted by atomic mass is 16.4. The summed E-state index contributed by atoms with van der Waals surface area (Å²) in [6.07, 6.45) is 2.88. The van der Waals surface area contributed by atoms with Gasteiger partial charge >= 0.3 is 12.0 Å². The first kappa shape index (κ1) is 16.3. The molecule has 114 valence electrons. The Morgan fingerprint density at radius 3 is 2.35 bits per heavy atom. The van der Waals surface area contributed by atoms with E-state index >= 15 is 0 Å². The lowest BCUT2D eigenvalue weighted by molar-refractivity contribution is -0.153. The van der Waals surface area contributed by atoms with Crippen molar-refractivity contribution in [3.63, 3.8) is 0 Å². The van der Waals surface area contributed by atoms with Crippen LogP contribution in [0.15, 0.2) is 0 Å². The number of likely N-dealkylation sites (N-methyl/N-ethyl adjacent to an activating group) is 1. The third-order valence-corrected chi connectivity index (χ3v) is 3.64. The van der Waals surface area contributed by atoms with Crippen molar-refractivity contribution >= 4 is 17.9 Å². The molecular weight excluding hydrogens is 262 g/mol. The third-order valence-electron chi connectivity index (χ3n) is 3.64. The first-order chi connectivity index (χ1) is 9.41. The zero-order chi connectivity index (χ0) is 15.2. The van der Waals surface area contributed by atoms with Gasteiger partial charge in [-0.25, -0.2) is 4.79 Å². The normalized spacial score (nSPS) is 15.9. The molecule has 0 heterocycles. The van der Waals surface area contributed by atoms with Crippen molar-refractivity contribution in [3.05, 3.63) is 0 Å². The van der Waals surface area contributed by atoms with E-state index in [2.05, 4.69) is 10.6 Å². The van der Waals surface area contributed by atoms with Gasteiger partial charge in [0.25, 0.3) is 0 Å². The molecule has 1 aliphatic rings. The lowest BCUT2D eigenvalue weighted by Crippen LogP contribution is -2.51. The van der Waals surface area contributed by atoms with E-state index in [0.29, 0.717) is 19.4 Å². The molecule has 3 N–H and O–H groups in total. The van der Waals surface area contributed by atoms with E-state index in [1.807, 2.05) is 6.92 Å². The lowest BCUT2D eigenvalue weighted by atomic mass is 9.69. The topological polar surface area (TPSA) is 98.7 Å². The minimum absolute atomic E-state index is 0.0358. The summed E-state index contributed by atoms with van der Waals surface area (Å²) in [5.41, 5.74) is -0.818. The SMILES string of the molecule is CCCNC(=O)CN(C)C(=O)NCC1(C(=O)O)CCC1. The molecule has 0 aromatic heterocycles. The first-order valence-corrected chi connectivity index (χ1v) is 6.90. The number of amides is 3. The molecule has 1 fully saturated rings. The van der Waals surface area contributed by atoms with Crippen LogP contribution in [0.5, 0.6) is 0 Å². The summed E-state index contributed by atoms with van der Waals surface area (Å²) >= 11 is 0. The van der Waals surface area contributed by atoms with Gasteiger partial charge in [0.1, 0.15) is 6.54 Å². The predicted octanol–water partition coefficient (Wildman–Crippen LogP) is 0.409. The fourth-order valence-corrected chi connectivity index (χ4v) is 2.06. The van der Waals surface area contributed by atoms with Crippen molar-refractivity contribution < 1.29 is 19.5 Å². The highest BCUT2D eigenvalue weighted by Crippen LogP contribution is 2.40. The van der Waals surface area contributed by atoms with Crippen molar-refractivity contribution in [3.8, 4) is 0 Å². The molecule has 0 aliphatic heterocycles. The van der Waals surface area contributed by atoms with Crippen LogP contribution in [0.4, 0.5) is 4.79 Å². The number of carbonyl (C=O) groups excluding carboxylic acids is 2. The van der Waals surface area contributed by atoms with E-state index in [-0.39, 0.29) is 19.0 Å². The van der Waals surface area contributed by atoms with Crippen molar-refractivity contribution in [2.75, 3.05) is 26.7 Å². The number of rotatable bonds is 7. The largest absolute Gasteiger partial charge is 0.481 e. The predicted molar refractivity (Wildman–Crippen MR) is 73.2 cm³/mol. The van der Waals surface area contributed by atoms with E-state index in [0.717, 1.165) is 12.8 Å². The summed E-state index contributed by atoms with van der Waals surface area (Å²) in [6.45, 7) is 2.60. The zero-order valence-electron chi connectivity index (χ0n) is 12.1. The van der Waals surface area contributed by atoms with Crippen LogP contribution in [-0.2, 0) is 9.59 Å². The zero-order valence-corrected chi connectivity index (χ0v) is 12.1. The molecule has 0 unspecified atom stereocenters. The number of nitrogens with zero attached hydrogens (tertiary/aromatic N) is 1. The monoisotopic (exact) mass is 285 g/mol. The Morgan fingerprint density at radius 1 is 1.25 bits per heavy atom. The maximum atomic E-state index is 11.8. The van der Waals surface area contributed by atoms with Crippen molar-refractivity contribution in [2.24, 2.45) is 5.41 Å². The molecule has 1 rings (SSSR count). The van der Waals surface area contributed by atoms with Crippen molar-refractivity contribution in [2.45, 2.75) is 32.6 Å². The molecule has 0 aromatic rings. The van der Waals surface area contributed by atoms with Crippen LogP contribution < -0.4 is 10.6 Å². The van der Waals surface area contributed by atoms with Crippen LogP contribution in [0.2, 0.25) is 0 Å². The Bertz CT molecular complexity index is 380. The van der Waals surface area contributed by atoms with Crippen molar-refractivity contribution in [1.82, 2.24) is 15.5 Å². The molecule has 1 saturated carbocycles. The number of carboxylic acid groups (broad SMARTS) is 1. The Hall–Kier alpha value is -1.79. The van der Waals surface area contributed by atoms with Crippen LogP contribution in [0, 0.1) is 5.41 Å². The van der Waals surface area contributed by atoms with E-state index in [4.69, 9.17) is 5.11 Å². The molecule has 0 atom stereocenters. The number of urea groups is 1. The quantitative estimate of drug-likeness (QED) is 0.631. The molecule has 0 radical (unpaired) electrons. The molecule has 0 aromatic carbocycles. The third kappa shape index (κ3) is 4.11. The van der Waals surface area contributed by atoms with Crippen LogP contribution >= 0.6 is 0 Å². The minimum atomic E-state index is -0.868. The maximum Gasteiger partial charge on any atom is 0.317 e. The number of aliphatic carboxylic acids is 1. The Balaban J connectivity index is 2.34. The van der Waals surface area contributed by atoms with Gasteiger partial charge in [0.15, 0.2) is 0 Å². The molecule has 0 bridgehead atoms. The van der Waals surface area contributed by atoms with Crippen LogP contribution in [0.3, 0.4) is 0 Å². The minimum Gasteiger partial charge on any atom is -0.481 e. The molecule has 7 heteroatoms. The van der Waals surface area contributed by atoms with Gasteiger partial charge in [-0.15, -0.1) is 0 Å². The summed E-state index contributed by atoms with van der Waals surface area (Å²) in [5, 5.41) is 14.4. The van der Waals surface area contributed by atoms with Crippen LogP contribution in [0.25, 0.3) is 0 Å². The maximum absolute atomic E-state index is 11.8. The molecule has 0 spiro atoms. The molecule has 1 aliphatic carbocycles. The van der Waals surface area contributed by atoms with Gasteiger partial charge < -0.3 is 20.6 Å². The van der Waals surface area contributed by atoms with Gasteiger partial charge in [-0.2, -0.15) is 0 Å². The Labute approximate surface area is 118 Å². The summed E-state index contributed by atoms with van der Waals surface area (Å²) in [6, 6.07) is -0.427. The molecule has 3 amide bonds. The number of carbonyl (C=O) groups is 3. The average Bonchev–Trinajstić information content (AvgIpc) is 2.34. The van der Waals surface area contributed by atoms with Gasteiger partial charge in [0, 0.05) is 20.1 Å². The fraction of sp³-hybridized carbons (Fsp3) is 0.769. The molecule has 0 saturated heterocycles. The Morgan fingerprint density at radius 2 is 1.90 bits per heavy atom. The fourth-order valence-electron chi connectivity index (χ4n) is 2.06. The summed E-state index contributed by atoms with van der Waals surface area (Å²) in [4.78, 5) is 35.7. The average molecular weight is 285 g/mol. The van der Waals surface area contributed by atoms with Gasteiger partial charge in [0.05, 0.1) is 5.41 Å². The molecular formula is C13H23N3O4. The van der Waals surface area contributed by atoms with E-state index in [1.54, 1.807) is 0 Å². The van der Waals surface area contributed by atoms with E-state index < -0.39 is 17.4 Å². The molecule has 20 heavy (non-hydrogen) atoms. The van der Waals surface area contributed by atoms with E-state index in [1.165, 1.54) is 11.9 Å². The number of hydrogen-bond donors (Lipinski definition) is 3. The smallest absolute Gasteiger partial charge is 0.317 e. The number of carboxylic acids is 1. The van der Waals surface area contributed by atoms with Crippen LogP contribution in [-0.4, -0.2) is 54.6 Å². The van der Waals surface area contributed by atoms with E-state index in [9.17, 15) is 14.4 Å².